The summed E-state index contributed by atoms with van der Waals surface area (Å²) in [6, 6.07) is 9.31. The molecule has 18 heavy (non-hydrogen) atoms. The number of nitrogens with zero attached hydrogens (tertiary/aromatic N) is 1. The van der Waals surface area contributed by atoms with E-state index in [2.05, 4.69) is 32.9 Å². The van der Waals surface area contributed by atoms with Gasteiger partial charge in [0.15, 0.2) is 0 Å². The first-order valence-electron chi connectivity index (χ1n) is 5.05. The number of nitrogens with two attached hydrogens (primary N) is 1. The van der Waals surface area contributed by atoms with Crippen molar-refractivity contribution >= 4 is 62.8 Å². The highest BCUT2D eigenvalue weighted by atomic mass is 127. The Balaban J connectivity index is 2.37. The van der Waals surface area contributed by atoms with Crippen molar-refractivity contribution in [1.29, 1.82) is 0 Å². The summed E-state index contributed by atoms with van der Waals surface area (Å²) in [4.78, 5) is 4.43. The molecule has 3 N–H and O–H groups in total. The number of halogens is 2. The topological polar surface area (TPSA) is 50.9 Å². The zero-order valence-electron chi connectivity index (χ0n) is 9.15. The Kier molecular flexibility index (Phi) is 4.36. The lowest BCUT2D eigenvalue weighted by molar-refractivity contribution is 1.28. The number of benzene rings is 1. The monoisotopic (exact) mass is 389 g/mol. The van der Waals surface area contributed by atoms with Crippen LogP contribution in [0.3, 0.4) is 0 Å². The first-order valence-corrected chi connectivity index (χ1v) is 6.91. The molecule has 0 aliphatic rings. The van der Waals surface area contributed by atoms with Crippen molar-refractivity contribution in [3.05, 3.63) is 50.8 Å². The van der Waals surface area contributed by atoms with Crippen LogP contribution in [-0.2, 0) is 0 Å². The third-order valence-electron chi connectivity index (χ3n) is 2.24. The SMILES string of the molecule is NC(=S)c1ncccc1Nc1ccc(Cl)cc1I. The normalized spacial score (nSPS) is 10.1. The fourth-order valence-electron chi connectivity index (χ4n) is 1.44. The maximum atomic E-state index is 5.92. The summed E-state index contributed by atoms with van der Waals surface area (Å²) in [6.07, 6.45) is 1.66. The Morgan fingerprint density at radius 1 is 1.33 bits per heavy atom. The lowest BCUT2D eigenvalue weighted by Crippen LogP contribution is -2.14. The van der Waals surface area contributed by atoms with Crippen LogP contribution in [0.15, 0.2) is 36.5 Å². The molecule has 0 amide bonds. The van der Waals surface area contributed by atoms with Crippen LogP contribution >= 0.6 is 46.4 Å². The van der Waals surface area contributed by atoms with Gasteiger partial charge in [-0.3, -0.25) is 4.98 Å². The molecule has 0 radical (unpaired) electrons. The molecule has 1 heterocycles. The van der Waals surface area contributed by atoms with Crippen molar-refractivity contribution in [2.45, 2.75) is 0 Å². The minimum Gasteiger partial charge on any atom is -0.388 e. The van der Waals surface area contributed by atoms with Gasteiger partial charge in [-0.2, -0.15) is 0 Å². The van der Waals surface area contributed by atoms with Gasteiger partial charge in [0.1, 0.15) is 10.7 Å². The van der Waals surface area contributed by atoms with Gasteiger partial charge in [0.25, 0.3) is 0 Å². The van der Waals surface area contributed by atoms with Gasteiger partial charge in [-0.15, -0.1) is 0 Å². The summed E-state index contributed by atoms with van der Waals surface area (Å²) in [5.74, 6) is 0. The summed E-state index contributed by atoms with van der Waals surface area (Å²) in [6.45, 7) is 0. The summed E-state index contributed by atoms with van der Waals surface area (Å²) >= 11 is 13.1. The first kappa shape index (κ1) is 13.5. The van der Waals surface area contributed by atoms with Crippen LogP contribution in [0.2, 0.25) is 5.02 Å². The lowest BCUT2D eigenvalue weighted by Gasteiger charge is -2.11. The van der Waals surface area contributed by atoms with Crippen LogP contribution < -0.4 is 11.1 Å². The van der Waals surface area contributed by atoms with Crippen LogP contribution in [0.25, 0.3) is 0 Å². The first-order chi connectivity index (χ1) is 8.58. The molecule has 0 spiro atoms. The van der Waals surface area contributed by atoms with Gasteiger partial charge < -0.3 is 11.1 Å². The van der Waals surface area contributed by atoms with Crippen molar-refractivity contribution < 1.29 is 0 Å². The highest BCUT2D eigenvalue weighted by Crippen LogP contribution is 2.26. The van der Waals surface area contributed by atoms with E-state index in [1.807, 2.05) is 30.3 Å². The van der Waals surface area contributed by atoms with Gasteiger partial charge in [0.2, 0.25) is 0 Å². The average molecular weight is 390 g/mol. The standard InChI is InChI=1S/C12H9ClIN3S/c13-7-3-4-9(8(14)6-7)17-10-2-1-5-16-11(10)12(15)18/h1-6,17H,(H2,15,18). The number of anilines is 2. The average Bonchev–Trinajstić information content (AvgIpc) is 2.33. The predicted molar refractivity (Wildman–Crippen MR) is 87.6 cm³/mol. The van der Waals surface area contributed by atoms with E-state index in [-0.39, 0.29) is 4.99 Å². The smallest absolute Gasteiger partial charge is 0.124 e. The maximum absolute atomic E-state index is 5.92. The van der Waals surface area contributed by atoms with Crippen LogP contribution in [-0.4, -0.2) is 9.97 Å². The number of thiocarbonyl (C=S) groups is 1. The molecule has 0 fully saturated rings. The number of pyridine rings is 1. The van der Waals surface area contributed by atoms with E-state index in [1.165, 1.54) is 0 Å². The van der Waals surface area contributed by atoms with E-state index in [9.17, 15) is 0 Å². The number of aromatic nitrogens is 1. The van der Waals surface area contributed by atoms with Crippen molar-refractivity contribution in [2.24, 2.45) is 5.73 Å². The van der Waals surface area contributed by atoms with E-state index >= 15 is 0 Å². The molecule has 0 aliphatic carbocycles. The van der Waals surface area contributed by atoms with Crippen LogP contribution in [0.1, 0.15) is 5.69 Å². The summed E-state index contributed by atoms with van der Waals surface area (Å²) in [5.41, 5.74) is 7.94. The van der Waals surface area contributed by atoms with Crippen LogP contribution in [0, 0.1) is 3.57 Å². The Morgan fingerprint density at radius 3 is 2.78 bits per heavy atom. The number of hydrogen-bond donors (Lipinski definition) is 2. The molecular weight excluding hydrogens is 381 g/mol. The third kappa shape index (κ3) is 3.09. The van der Waals surface area contributed by atoms with Crippen molar-refractivity contribution in [2.75, 3.05) is 5.32 Å². The number of rotatable bonds is 3. The fourth-order valence-corrected chi connectivity index (χ4v) is 2.61. The molecule has 6 heteroatoms. The molecular formula is C12H9ClIN3S. The van der Waals surface area contributed by atoms with Gasteiger partial charge in [0, 0.05) is 14.8 Å². The molecule has 2 aromatic rings. The molecule has 0 saturated carbocycles. The molecule has 0 bridgehead atoms. The quantitative estimate of drug-likeness (QED) is 0.620. The van der Waals surface area contributed by atoms with Crippen molar-refractivity contribution in [3.8, 4) is 0 Å². The van der Waals surface area contributed by atoms with Gasteiger partial charge in [-0.1, -0.05) is 23.8 Å². The van der Waals surface area contributed by atoms with Crippen molar-refractivity contribution in [1.82, 2.24) is 4.98 Å². The number of hydrogen-bond acceptors (Lipinski definition) is 3. The van der Waals surface area contributed by atoms with E-state index in [4.69, 9.17) is 29.6 Å². The molecule has 0 aliphatic heterocycles. The highest BCUT2D eigenvalue weighted by molar-refractivity contribution is 14.1. The molecule has 92 valence electrons. The molecule has 0 unspecified atom stereocenters. The minimum atomic E-state index is 0.266. The summed E-state index contributed by atoms with van der Waals surface area (Å²) in [7, 11) is 0. The van der Waals surface area contributed by atoms with Gasteiger partial charge in [-0.05, 0) is 52.9 Å². The number of nitrogens with one attached hydrogen (secondary N) is 1. The molecule has 3 nitrogen and oxygen atoms in total. The second kappa shape index (κ2) is 5.81. The van der Waals surface area contributed by atoms with E-state index in [1.54, 1.807) is 6.20 Å². The van der Waals surface area contributed by atoms with Gasteiger partial charge in [0.05, 0.1) is 11.4 Å². The minimum absolute atomic E-state index is 0.266. The molecule has 1 aromatic heterocycles. The summed E-state index contributed by atoms with van der Waals surface area (Å²) < 4.78 is 1.01. The summed E-state index contributed by atoms with van der Waals surface area (Å²) in [5, 5.41) is 3.95. The molecule has 0 saturated heterocycles. The predicted octanol–water partition coefficient (Wildman–Crippen LogP) is 3.72. The van der Waals surface area contributed by atoms with E-state index in [0.717, 1.165) is 14.9 Å². The molecule has 0 atom stereocenters. The largest absolute Gasteiger partial charge is 0.388 e. The Bertz CT molecular complexity index is 604. The van der Waals surface area contributed by atoms with E-state index in [0.29, 0.717) is 10.7 Å². The molecule has 1 aromatic carbocycles. The zero-order valence-corrected chi connectivity index (χ0v) is 12.9. The Morgan fingerprint density at radius 2 is 2.11 bits per heavy atom. The van der Waals surface area contributed by atoms with Crippen molar-refractivity contribution in [3.63, 3.8) is 0 Å². The Hall–Kier alpha value is -0.920. The van der Waals surface area contributed by atoms with Crippen LogP contribution in [0.4, 0.5) is 11.4 Å². The second-order valence-electron chi connectivity index (χ2n) is 3.51. The van der Waals surface area contributed by atoms with E-state index < -0.39 is 0 Å². The van der Waals surface area contributed by atoms with Gasteiger partial charge >= 0.3 is 0 Å². The fraction of sp³-hybridized carbons (Fsp3) is 0. The third-order valence-corrected chi connectivity index (χ3v) is 3.56. The highest BCUT2D eigenvalue weighted by Gasteiger charge is 2.08. The molecule has 2 rings (SSSR count). The maximum Gasteiger partial charge on any atom is 0.124 e. The zero-order chi connectivity index (χ0) is 13.1. The lowest BCUT2D eigenvalue weighted by atomic mass is 10.2. The van der Waals surface area contributed by atoms with Crippen LogP contribution in [0.5, 0.6) is 0 Å². The van der Waals surface area contributed by atoms with Gasteiger partial charge in [-0.25, -0.2) is 0 Å². The second-order valence-corrected chi connectivity index (χ2v) is 5.55. The Labute approximate surface area is 129 Å².